The molecule has 0 aromatic heterocycles. The minimum atomic E-state index is 0.468. The largest absolute Gasteiger partial charge is 0.497 e. The van der Waals surface area contributed by atoms with Crippen molar-refractivity contribution in [3.63, 3.8) is 0 Å². The van der Waals surface area contributed by atoms with Gasteiger partial charge in [0.1, 0.15) is 5.75 Å². The van der Waals surface area contributed by atoms with Gasteiger partial charge in [-0.1, -0.05) is 19.1 Å². The topological polar surface area (TPSA) is 48.9 Å². The van der Waals surface area contributed by atoms with Gasteiger partial charge in [0.15, 0.2) is 5.96 Å². The number of rotatable bonds is 7. The quantitative estimate of drug-likeness (QED) is 0.452. The fraction of sp³-hybridized carbons (Fsp3) is 0.650. The molecule has 0 amide bonds. The highest BCUT2D eigenvalue weighted by Gasteiger charge is 2.31. The number of guanidine groups is 1. The van der Waals surface area contributed by atoms with Crippen molar-refractivity contribution in [2.75, 3.05) is 33.8 Å². The Morgan fingerprint density at radius 3 is 2.56 bits per heavy atom. The van der Waals surface area contributed by atoms with E-state index in [0.29, 0.717) is 18.0 Å². The summed E-state index contributed by atoms with van der Waals surface area (Å²) < 4.78 is 5.20. The molecule has 140 valence electrons. The summed E-state index contributed by atoms with van der Waals surface area (Å²) in [4.78, 5) is 6.91. The van der Waals surface area contributed by atoms with Crippen molar-refractivity contribution >= 4 is 5.96 Å². The summed E-state index contributed by atoms with van der Waals surface area (Å²) in [6.07, 6.45) is 2.13. The van der Waals surface area contributed by atoms with Crippen LogP contribution in [0.5, 0.6) is 5.75 Å². The van der Waals surface area contributed by atoms with Gasteiger partial charge in [0.25, 0.3) is 0 Å². The van der Waals surface area contributed by atoms with E-state index in [0.717, 1.165) is 44.2 Å². The van der Waals surface area contributed by atoms with E-state index < -0.39 is 0 Å². The van der Waals surface area contributed by atoms with E-state index in [1.807, 2.05) is 19.2 Å². The first-order valence-electron chi connectivity index (χ1n) is 9.37. The van der Waals surface area contributed by atoms with Crippen LogP contribution in [0.4, 0.5) is 0 Å². The Bertz CT molecular complexity index is 541. The van der Waals surface area contributed by atoms with Gasteiger partial charge >= 0.3 is 0 Å². The van der Waals surface area contributed by atoms with Crippen molar-refractivity contribution < 1.29 is 4.74 Å². The van der Waals surface area contributed by atoms with Gasteiger partial charge in [-0.2, -0.15) is 0 Å². The first kappa shape index (κ1) is 19.6. The molecule has 1 aliphatic rings. The maximum atomic E-state index is 5.20. The molecule has 0 spiro atoms. The predicted molar refractivity (Wildman–Crippen MR) is 105 cm³/mol. The summed E-state index contributed by atoms with van der Waals surface area (Å²) in [7, 11) is 3.54. The molecule has 1 fully saturated rings. The number of ether oxygens (including phenoxy) is 1. The van der Waals surface area contributed by atoms with Crippen LogP contribution in [0.15, 0.2) is 29.3 Å². The van der Waals surface area contributed by atoms with Gasteiger partial charge in [0.05, 0.1) is 7.11 Å². The van der Waals surface area contributed by atoms with Gasteiger partial charge in [-0.05, 0) is 50.3 Å². The minimum absolute atomic E-state index is 0.468. The SMILES string of the molecule is CN=C(NCCCc1ccc(OC)cc1)NC1CN(C(C)C)CC1C. The minimum Gasteiger partial charge on any atom is -0.497 e. The van der Waals surface area contributed by atoms with Crippen molar-refractivity contribution in [3.8, 4) is 5.75 Å². The molecule has 0 radical (unpaired) electrons. The average Bonchev–Trinajstić information content (AvgIpc) is 2.99. The van der Waals surface area contributed by atoms with E-state index in [-0.39, 0.29) is 0 Å². The zero-order valence-corrected chi connectivity index (χ0v) is 16.4. The van der Waals surface area contributed by atoms with Crippen LogP contribution in [0.2, 0.25) is 0 Å². The second-order valence-corrected chi connectivity index (χ2v) is 7.23. The Balaban J connectivity index is 1.71. The van der Waals surface area contributed by atoms with E-state index in [2.05, 4.69) is 53.4 Å². The van der Waals surface area contributed by atoms with Crippen molar-refractivity contribution in [3.05, 3.63) is 29.8 Å². The second-order valence-electron chi connectivity index (χ2n) is 7.23. The lowest BCUT2D eigenvalue weighted by Gasteiger charge is -2.22. The normalized spacial score (nSPS) is 21.6. The summed E-state index contributed by atoms with van der Waals surface area (Å²) in [5.74, 6) is 2.46. The third-order valence-corrected chi connectivity index (χ3v) is 5.01. The number of nitrogens with one attached hydrogen (secondary N) is 2. The van der Waals surface area contributed by atoms with E-state index >= 15 is 0 Å². The third-order valence-electron chi connectivity index (χ3n) is 5.01. The Morgan fingerprint density at radius 2 is 2.00 bits per heavy atom. The summed E-state index contributed by atoms with van der Waals surface area (Å²) in [5.41, 5.74) is 1.34. The molecule has 5 nitrogen and oxygen atoms in total. The van der Waals surface area contributed by atoms with Crippen LogP contribution in [0.1, 0.15) is 32.8 Å². The van der Waals surface area contributed by atoms with Gasteiger partial charge in [-0.25, -0.2) is 0 Å². The first-order chi connectivity index (χ1) is 12.0. The van der Waals surface area contributed by atoms with Gasteiger partial charge in [0.2, 0.25) is 0 Å². The first-order valence-corrected chi connectivity index (χ1v) is 9.37. The number of nitrogens with zero attached hydrogens (tertiary/aromatic N) is 2. The number of benzene rings is 1. The average molecular weight is 347 g/mol. The van der Waals surface area contributed by atoms with Crippen molar-refractivity contribution in [2.45, 2.75) is 45.7 Å². The molecule has 2 rings (SSSR count). The third kappa shape index (κ3) is 5.92. The Labute approximate surface area is 152 Å². The van der Waals surface area contributed by atoms with Gasteiger partial charge in [-0.15, -0.1) is 0 Å². The van der Waals surface area contributed by atoms with E-state index in [1.54, 1.807) is 7.11 Å². The highest BCUT2D eigenvalue weighted by molar-refractivity contribution is 5.80. The fourth-order valence-corrected chi connectivity index (χ4v) is 3.28. The van der Waals surface area contributed by atoms with Crippen LogP contribution in [0, 0.1) is 5.92 Å². The number of likely N-dealkylation sites (tertiary alicyclic amines) is 1. The summed E-state index contributed by atoms with van der Waals surface area (Å²) in [6.45, 7) is 10.0. The van der Waals surface area contributed by atoms with Gasteiger partial charge in [0, 0.05) is 38.8 Å². The molecule has 25 heavy (non-hydrogen) atoms. The monoisotopic (exact) mass is 346 g/mol. The molecule has 2 N–H and O–H groups in total. The lowest BCUT2D eigenvalue weighted by atomic mass is 10.1. The molecule has 1 aromatic carbocycles. The van der Waals surface area contributed by atoms with Gasteiger partial charge in [-0.3, -0.25) is 9.89 Å². The Kier molecular flexibility index (Phi) is 7.56. The van der Waals surface area contributed by atoms with Crippen LogP contribution in [0.25, 0.3) is 0 Å². The molecule has 5 heteroatoms. The molecular weight excluding hydrogens is 312 g/mol. The van der Waals surface area contributed by atoms with E-state index in [4.69, 9.17) is 4.74 Å². The van der Waals surface area contributed by atoms with E-state index in [1.165, 1.54) is 5.56 Å². The fourth-order valence-electron chi connectivity index (χ4n) is 3.28. The predicted octanol–water partition coefficient (Wildman–Crippen LogP) is 2.52. The Hall–Kier alpha value is -1.75. The molecule has 1 aliphatic heterocycles. The van der Waals surface area contributed by atoms with Crippen LogP contribution >= 0.6 is 0 Å². The molecular formula is C20H34N4O. The van der Waals surface area contributed by atoms with Crippen molar-refractivity contribution in [2.24, 2.45) is 10.9 Å². The zero-order valence-electron chi connectivity index (χ0n) is 16.4. The number of hydrogen-bond acceptors (Lipinski definition) is 3. The molecule has 1 heterocycles. The van der Waals surface area contributed by atoms with Crippen LogP contribution < -0.4 is 15.4 Å². The molecule has 0 bridgehead atoms. The maximum Gasteiger partial charge on any atom is 0.191 e. The lowest BCUT2D eigenvalue weighted by Crippen LogP contribution is -2.47. The zero-order chi connectivity index (χ0) is 18.2. The van der Waals surface area contributed by atoms with Crippen LogP contribution in [-0.4, -0.2) is 56.7 Å². The molecule has 0 saturated carbocycles. The molecule has 1 saturated heterocycles. The van der Waals surface area contributed by atoms with Crippen LogP contribution in [0.3, 0.4) is 0 Å². The number of aliphatic imine (C=N–C) groups is 1. The number of aryl methyl sites for hydroxylation is 1. The van der Waals surface area contributed by atoms with Crippen molar-refractivity contribution in [1.29, 1.82) is 0 Å². The summed E-state index contributed by atoms with van der Waals surface area (Å²) in [5, 5.41) is 7.04. The number of hydrogen-bond donors (Lipinski definition) is 2. The Morgan fingerprint density at radius 1 is 1.28 bits per heavy atom. The molecule has 0 aliphatic carbocycles. The highest BCUT2D eigenvalue weighted by Crippen LogP contribution is 2.18. The summed E-state index contributed by atoms with van der Waals surface area (Å²) >= 11 is 0. The smallest absolute Gasteiger partial charge is 0.191 e. The standard InChI is InChI=1S/C20H34N4O/c1-15(2)24-13-16(3)19(14-24)23-20(21-4)22-12-6-7-17-8-10-18(25-5)11-9-17/h8-11,15-16,19H,6-7,12-14H2,1-5H3,(H2,21,22,23). The highest BCUT2D eigenvalue weighted by atomic mass is 16.5. The maximum absolute atomic E-state index is 5.20. The van der Waals surface area contributed by atoms with Gasteiger partial charge < -0.3 is 15.4 Å². The number of methoxy groups -OCH3 is 1. The second kappa shape index (κ2) is 9.66. The molecule has 2 unspecified atom stereocenters. The van der Waals surface area contributed by atoms with Crippen LogP contribution in [-0.2, 0) is 6.42 Å². The van der Waals surface area contributed by atoms with Crippen molar-refractivity contribution in [1.82, 2.24) is 15.5 Å². The summed E-state index contributed by atoms with van der Waals surface area (Å²) in [6, 6.07) is 9.37. The molecule has 2 atom stereocenters. The lowest BCUT2D eigenvalue weighted by molar-refractivity contribution is 0.265. The molecule has 1 aromatic rings. The van der Waals surface area contributed by atoms with E-state index in [9.17, 15) is 0 Å².